The first kappa shape index (κ1) is 22.1. The van der Waals surface area contributed by atoms with E-state index in [4.69, 9.17) is 19.4 Å². The van der Waals surface area contributed by atoms with Crippen LogP contribution < -0.4 is 0 Å². The smallest absolute Gasteiger partial charge is 0.475 e. The van der Waals surface area contributed by atoms with Crippen molar-refractivity contribution in [2.75, 3.05) is 26.3 Å². The molecule has 1 aromatic rings. The summed E-state index contributed by atoms with van der Waals surface area (Å²) in [5, 5.41) is 7.12. The largest absolute Gasteiger partial charge is 0.490 e. The number of carbonyl (C=O) groups excluding carboxylic acids is 1. The maximum absolute atomic E-state index is 12.5. The molecule has 2 saturated heterocycles. The summed E-state index contributed by atoms with van der Waals surface area (Å²) in [5.74, 6) is -2.76. The number of rotatable bonds is 3. The molecule has 28 heavy (non-hydrogen) atoms. The molecular formula is C18H23F3N2O5. The first-order valence-corrected chi connectivity index (χ1v) is 8.84. The highest BCUT2D eigenvalue weighted by Gasteiger charge is 2.47. The van der Waals surface area contributed by atoms with E-state index in [1.54, 1.807) is 12.3 Å². The van der Waals surface area contributed by atoms with Crippen LogP contribution in [0.15, 0.2) is 18.3 Å². The van der Waals surface area contributed by atoms with Crippen molar-refractivity contribution in [2.24, 2.45) is 0 Å². The van der Waals surface area contributed by atoms with E-state index in [-0.39, 0.29) is 17.6 Å². The third kappa shape index (κ3) is 5.65. The number of nitrogens with zero attached hydrogens (tertiary/aromatic N) is 2. The summed E-state index contributed by atoms with van der Waals surface area (Å²) in [6, 6.07) is 3.71. The van der Waals surface area contributed by atoms with Gasteiger partial charge in [-0.2, -0.15) is 13.2 Å². The quantitative estimate of drug-likeness (QED) is 0.833. The maximum atomic E-state index is 12.5. The van der Waals surface area contributed by atoms with Crippen LogP contribution in [0.3, 0.4) is 0 Å². The summed E-state index contributed by atoms with van der Waals surface area (Å²) < 4.78 is 43.3. The maximum Gasteiger partial charge on any atom is 0.490 e. The standard InChI is InChI=1S/C16H22N2O3.C2HF3O2/c1-3-20-13-8-16(21-10-13)6-7-18(11-16)15(19)14-5-4-12(2)9-17-14;3-2(4,5)1(6)7/h4-5,9,13H,3,6-8,10-11H2,1-2H3;(H,6,7)/t13-,16+;/m1./s1. The molecule has 10 heteroatoms. The van der Waals surface area contributed by atoms with Crippen molar-refractivity contribution in [3.8, 4) is 0 Å². The summed E-state index contributed by atoms with van der Waals surface area (Å²) in [6.07, 6.45) is -1.42. The van der Waals surface area contributed by atoms with Crippen LogP contribution >= 0.6 is 0 Å². The van der Waals surface area contributed by atoms with Gasteiger partial charge in [-0.3, -0.25) is 9.78 Å². The van der Waals surface area contributed by atoms with E-state index in [9.17, 15) is 18.0 Å². The molecule has 0 saturated carbocycles. The molecule has 7 nitrogen and oxygen atoms in total. The van der Waals surface area contributed by atoms with E-state index < -0.39 is 12.1 Å². The van der Waals surface area contributed by atoms with Crippen molar-refractivity contribution in [3.63, 3.8) is 0 Å². The van der Waals surface area contributed by atoms with Gasteiger partial charge in [-0.05, 0) is 31.9 Å². The van der Waals surface area contributed by atoms with E-state index >= 15 is 0 Å². The predicted octanol–water partition coefficient (Wildman–Crippen LogP) is 2.43. The fraction of sp³-hybridized carbons (Fsp3) is 0.611. The highest BCUT2D eigenvalue weighted by Crippen LogP contribution is 2.36. The fourth-order valence-corrected chi connectivity index (χ4v) is 3.20. The zero-order valence-corrected chi connectivity index (χ0v) is 15.7. The van der Waals surface area contributed by atoms with Crippen molar-refractivity contribution in [1.82, 2.24) is 9.88 Å². The molecule has 1 aromatic heterocycles. The first-order valence-electron chi connectivity index (χ1n) is 8.84. The van der Waals surface area contributed by atoms with E-state index in [0.717, 1.165) is 24.9 Å². The van der Waals surface area contributed by atoms with Gasteiger partial charge in [-0.25, -0.2) is 4.79 Å². The van der Waals surface area contributed by atoms with Crippen molar-refractivity contribution < 1.29 is 37.3 Å². The van der Waals surface area contributed by atoms with Crippen LogP contribution in [0.1, 0.15) is 35.8 Å². The summed E-state index contributed by atoms with van der Waals surface area (Å²) in [4.78, 5) is 27.5. The Morgan fingerprint density at radius 3 is 2.64 bits per heavy atom. The molecule has 3 rings (SSSR count). The van der Waals surface area contributed by atoms with Gasteiger partial charge in [-0.1, -0.05) is 6.07 Å². The topological polar surface area (TPSA) is 89.0 Å². The van der Waals surface area contributed by atoms with Gasteiger partial charge in [0.2, 0.25) is 0 Å². The summed E-state index contributed by atoms with van der Waals surface area (Å²) in [5.41, 5.74) is 1.36. The van der Waals surface area contributed by atoms with Crippen molar-refractivity contribution in [3.05, 3.63) is 29.6 Å². The van der Waals surface area contributed by atoms with Gasteiger partial charge in [0.25, 0.3) is 5.91 Å². The highest BCUT2D eigenvalue weighted by molar-refractivity contribution is 5.92. The number of carbonyl (C=O) groups is 2. The van der Waals surface area contributed by atoms with Crippen LogP contribution in [0.4, 0.5) is 13.2 Å². The molecule has 3 heterocycles. The van der Waals surface area contributed by atoms with Gasteiger partial charge >= 0.3 is 12.1 Å². The Morgan fingerprint density at radius 2 is 2.11 bits per heavy atom. The molecule has 2 aliphatic rings. The Kier molecular flexibility index (Phi) is 7.00. The average molecular weight is 404 g/mol. The molecule has 2 fully saturated rings. The van der Waals surface area contributed by atoms with E-state index in [1.807, 2.05) is 24.8 Å². The Hall–Kier alpha value is -2.20. The number of hydrogen-bond acceptors (Lipinski definition) is 5. The summed E-state index contributed by atoms with van der Waals surface area (Å²) >= 11 is 0. The number of pyridine rings is 1. The van der Waals surface area contributed by atoms with Gasteiger partial charge in [0.1, 0.15) is 5.69 Å². The minimum atomic E-state index is -5.08. The monoisotopic (exact) mass is 404 g/mol. The molecule has 0 unspecified atom stereocenters. The van der Waals surface area contributed by atoms with Crippen LogP contribution in [0.5, 0.6) is 0 Å². The Labute approximate surface area is 160 Å². The molecule has 1 amide bonds. The van der Waals surface area contributed by atoms with Gasteiger partial charge in [0.15, 0.2) is 0 Å². The number of aliphatic carboxylic acids is 1. The Balaban J connectivity index is 0.000000345. The molecule has 1 spiro atoms. The number of aromatic nitrogens is 1. The lowest BCUT2D eigenvalue weighted by Gasteiger charge is -2.23. The molecule has 2 atom stereocenters. The van der Waals surface area contributed by atoms with Gasteiger partial charge in [0, 0.05) is 25.8 Å². The number of likely N-dealkylation sites (tertiary alicyclic amines) is 1. The van der Waals surface area contributed by atoms with Crippen molar-refractivity contribution in [1.29, 1.82) is 0 Å². The minimum Gasteiger partial charge on any atom is -0.475 e. The lowest BCUT2D eigenvalue weighted by atomic mass is 9.98. The third-order valence-corrected chi connectivity index (χ3v) is 4.55. The number of halogens is 3. The fourth-order valence-electron chi connectivity index (χ4n) is 3.20. The SMILES string of the molecule is CCO[C@H]1CO[C@@]2(CCN(C(=O)c3ccc(C)cn3)C2)C1.O=C(O)C(F)(F)F. The summed E-state index contributed by atoms with van der Waals surface area (Å²) in [6.45, 7) is 6.68. The number of ether oxygens (including phenoxy) is 2. The van der Waals surface area contributed by atoms with Crippen LogP contribution in [0, 0.1) is 6.92 Å². The predicted molar refractivity (Wildman–Crippen MR) is 91.9 cm³/mol. The number of amides is 1. The van der Waals surface area contributed by atoms with Gasteiger partial charge in [-0.15, -0.1) is 0 Å². The lowest BCUT2D eigenvalue weighted by molar-refractivity contribution is -0.192. The second-order valence-corrected chi connectivity index (χ2v) is 6.78. The molecule has 156 valence electrons. The molecular weight excluding hydrogens is 381 g/mol. The van der Waals surface area contributed by atoms with Crippen LogP contribution in [-0.4, -0.2) is 71.1 Å². The number of carboxylic acid groups (broad SMARTS) is 1. The first-order chi connectivity index (χ1) is 13.1. The van der Waals surface area contributed by atoms with Crippen LogP contribution in [0.2, 0.25) is 0 Å². The van der Waals surface area contributed by atoms with E-state index in [0.29, 0.717) is 25.5 Å². The summed E-state index contributed by atoms with van der Waals surface area (Å²) in [7, 11) is 0. The van der Waals surface area contributed by atoms with Gasteiger partial charge in [0.05, 0.1) is 24.9 Å². The minimum absolute atomic E-state index is 0.00432. The number of alkyl halides is 3. The third-order valence-electron chi connectivity index (χ3n) is 4.55. The molecule has 0 radical (unpaired) electrons. The van der Waals surface area contributed by atoms with E-state index in [1.165, 1.54) is 0 Å². The van der Waals surface area contributed by atoms with Gasteiger partial charge < -0.3 is 19.5 Å². The highest BCUT2D eigenvalue weighted by atomic mass is 19.4. The second kappa shape index (κ2) is 8.87. The van der Waals surface area contributed by atoms with E-state index in [2.05, 4.69) is 4.98 Å². The Morgan fingerprint density at radius 1 is 1.43 bits per heavy atom. The number of hydrogen-bond donors (Lipinski definition) is 1. The average Bonchev–Trinajstić information content (AvgIpc) is 3.22. The molecule has 0 aromatic carbocycles. The Bertz CT molecular complexity index is 695. The van der Waals surface area contributed by atoms with Crippen LogP contribution in [0.25, 0.3) is 0 Å². The second-order valence-electron chi connectivity index (χ2n) is 6.78. The zero-order chi connectivity index (χ0) is 20.9. The molecule has 0 aliphatic carbocycles. The number of carboxylic acids is 1. The normalized spacial score (nSPS) is 24.2. The van der Waals surface area contributed by atoms with Crippen molar-refractivity contribution >= 4 is 11.9 Å². The number of aryl methyl sites for hydroxylation is 1. The van der Waals surface area contributed by atoms with Crippen molar-refractivity contribution in [2.45, 2.75) is 44.6 Å². The molecule has 0 bridgehead atoms. The lowest BCUT2D eigenvalue weighted by Crippen LogP contribution is -2.36. The molecule has 1 N–H and O–H groups in total. The molecule has 2 aliphatic heterocycles. The zero-order valence-electron chi connectivity index (χ0n) is 15.7. The van der Waals surface area contributed by atoms with Crippen LogP contribution in [-0.2, 0) is 14.3 Å².